The third-order valence-corrected chi connectivity index (χ3v) is 4.59. The number of nitrogens with one attached hydrogen (secondary N) is 1. The molecule has 0 aliphatic heterocycles. The van der Waals surface area contributed by atoms with Crippen LogP contribution in [0.5, 0.6) is 0 Å². The standard InChI is InChI=1S/C20H33N/c1-9-20(7,8)16(17(21)18(2,3)4)15-12-10-11-13-19(5,6)14-15/h10-14,16,21H,9H2,1-8H3. The molecule has 0 aromatic rings. The van der Waals surface area contributed by atoms with Gasteiger partial charge in [-0.15, -0.1) is 0 Å². The van der Waals surface area contributed by atoms with E-state index in [1.54, 1.807) is 0 Å². The average molecular weight is 287 g/mol. The maximum atomic E-state index is 8.80. The third-order valence-electron chi connectivity index (χ3n) is 4.59. The number of hydrogen-bond acceptors (Lipinski definition) is 1. The van der Waals surface area contributed by atoms with Crippen LogP contribution in [0, 0.1) is 27.6 Å². The van der Waals surface area contributed by atoms with Gasteiger partial charge in [0.05, 0.1) is 0 Å². The minimum atomic E-state index is -0.102. The van der Waals surface area contributed by atoms with Crippen LogP contribution in [0.25, 0.3) is 0 Å². The van der Waals surface area contributed by atoms with E-state index in [-0.39, 0.29) is 22.2 Å². The van der Waals surface area contributed by atoms with Crippen molar-refractivity contribution in [2.24, 2.45) is 22.2 Å². The van der Waals surface area contributed by atoms with Crippen LogP contribution in [0.1, 0.15) is 61.8 Å². The van der Waals surface area contributed by atoms with E-state index in [9.17, 15) is 0 Å². The maximum absolute atomic E-state index is 8.80. The molecule has 1 nitrogen and oxygen atoms in total. The molecule has 0 saturated carbocycles. The smallest absolute Gasteiger partial charge is 0.0270 e. The van der Waals surface area contributed by atoms with Crippen LogP contribution in [0.3, 0.4) is 0 Å². The van der Waals surface area contributed by atoms with Gasteiger partial charge >= 0.3 is 0 Å². The van der Waals surface area contributed by atoms with Crippen LogP contribution < -0.4 is 0 Å². The quantitative estimate of drug-likeness (QED) is 0.597. The van der Waals surface area contributed by atoms with Gasteiger partial charge in [0.1, 0.15) is 0 Å². The fourth-order valence-electron chi connectivity index (χ4n) is 2.82. The molecule has 0 aromatic heterocycles. The molecule has 0 heterocycles. The Hall–Kier alpha value is -1.11. The van der Waals surface area contributed by atoms with Gasteiger partial charge in [-0.3, -0.25) is 0 Å². The van der Waals surface area contributed by atoms with Crippen LogP contribution in [-0.2, 0) is 0 Å². The van der Waals surface area contributed by atoms with Crippen molar-refractivity contribution < 1.29 is 0 Å². The summed E-state index contributed by atoms with van der Waals surface area (Å²) < 4.78 is 0. The van der Waals surface area contributed by atoms with Crippen LogP contribution in [0.15, 0.2) is 36.0 Å². The Morgan fingerprint density at radius 2 is 1.71 bits per heavy atom. The largest absolute Gasteiger partial charge is 0.308 e. The van der Waals surface area contributed by atoms with Gasteiger partial charge < -0.3 is 5.41 Å². The van der Waals surface area contributed by atoms with Crippen LogP contribution in [-0.4, -0.2) is 5.71 Å². The summed E-state index contributed by atoms with van der Waals surface area (Å²) >= 11 is 0. The second kappa shape index (κ2) is 5.94. The van der Waals surface area contributed by atoms with E-state index in [1.165, 1.54) is 5.57 Å². The van der Waals surface area contributed by atoms with Gasteiger partial charge in [0, 0.05) is 22.5 Å². The predicted molar refractivity (Wildman–Crippen MR) is 94.9 cm³/mol. The lowest BCUT2D eigenvalue weighted by Crippen LogP contribution is -2.38. The normalized spacial score (nSPS) is 19.9. The average Bonchev–Trinajstić information content (AvgIpc) is 2.49. The molecule has 1 unspecified atom stereocenters. The van der Waals surface area contributed by atoms with Gasteiger partial charge in [-0.05, 0) is 11.0 Å². The molecule has 1 heteroatoms. The van der Waals surface area contributed by atoms with E-state index in [1.807, 2.05) is 0 Å². The zero-order valence-corrected chi connectivity index (χ0v) is 15.2. The Labute approximate surface area is 131 Å². The van der Waals surface area contributed by atoms with E-state index in [0.717, 1.165) is 12.1 Å². The number of hydrogen-bond donors (Lipinski definition) is 1. The van der Waals surface area contributed by atoms with Gasteiger partial charge in [-0.2, -0.15) is 0 Å². The highest BCUT2D eigenvalue weighted by Gasteiger charge is 2.38. The van der Waals surface area contributed by atoms with Crippen molar-refractivity contribution in [1.29, 1.82) is 5.41 Å². The second-order valence-corrected chi connectivity index (χ2v) is 8.62. The van der Waals surface area contributed by atoms with E-state index in [0.29, 0.717) is 0 Å². The second-order valence-electron chi connectivity index (χ2n) is 8.62. The van der Waals surface area contributed by atoms with Crippen LogP contribution in [0.4, 0.5) is 0 Å². The topological polar surface area (TPSA) is 23.9 Å². The van der Waals surface area contributed by atoms with Crippen molar-refractivity contribution in [2.75, 3.05) is 0 Å². The van der Waals surface area contributed by atoms with E-state index in [4.69, 9.17) is 5.41 Å². The summed E-state index contributed by atoms with van der Waals surface area (Å²) in [5.41, 5.74) is 2.15. The summed E-state index contributed by atoms with van der Waals surface area (Å²) in [4.78, 5) is 0. The monoisotopic (exact) mass is 287 g/mol. The molecule has 21 heavy (non-hydrogen) atoms. The number of allylic oxidation sites excluding steroid dienone is 6. The van der Waals surface area contributed by atoms with Gasteiger partial charge in [-0.1, -0.05) is 92.2 Å². The highest BCUT2D eigenvalue weighted by Crippen LogP contribution is 2.42. The Morgan fingerprint density at radius 3 is 2.19 bits per heavy atom. The first kappa shape index (κ1) is 17.9. The lowest BCUT2D eigenvalue weighted by molar-refractivity contribution is 0.283. The van der Waals surface area contributed by atoms with Crippen molar-refractivity contribution in [3.8, 4) is 0 Å². The van der Waals surface area contributed by atoms with E-state index in [2.05, 4.69) is 85.8 Å². The molecule has 118 valence electrons. The summed E-state index contributed by atoms with van der Waals surface area (Å²) in [5.74, 6) is 0.165. The Kier molecular flexibility index (Phi) is 5.08. The van der Waals surface area contributed by atoms with Gasteiger partial charge in [-0.25, -0.2) is 0 Å². The van der Waals surface area contributed by atoms with Gasteiger partial charge in [0.25, 0.3) is 0 Å². The van der Waals surface area contributed by atoms with Crippen LogP contribution >= 0.6 is 0 Å². The summed E-state index contributed by atoms with van der Waals surface area (Å²) in [6.07, 6.45) is 12.1. The molecule has 1 rings (SSSR count). The SMILES string of the molecule is CCC(C)(C)C(C(=N)C(C)(C)C)C1=CC(C)(C)C=CC=C1. The molecular weight excluding hydrogens is 254 g/mol. The maximum Gasteiger partial charge on any atom is 0.0270 e. The molecule has 1 N–H and O–H groups in total. The molecule has 0 amide bonds. The molecule has 0 saturated heterocycles. The van der Waals surface area contributed by atoms with E-state index < -0.39 is 0 Å². The fourth-order valence-corrected chi connectivity index (χ4v) is 2.82. The van der Waals surface area contributed by atoms with Crippen molar-refractivity contribution in [2.45, 2.75) is 61.8 Å². The first-order valence-electron chi connectivity index (χ1n) is 8.08. The molecule has 0 spiro atoms. The number of rotatable bonds is 4. The third kappa shape index (κ3) is 4.43. The summed E-state index contributed by atoms with van der Waals surface area (Å²) in [6.45, 7) is 17.7. The molecular formula is C20H33N. The Balaban J connectivity index is 3.39. The highest BCUT2D eigenvalue weighted by atomic mass is 14.5. The van der Waals surface area contributed by atoms with Crippen molar-refractivity contribution in [3.05, 3.63) is 36.0 Å². The predicted octanol–water partition coefficient (Wildman–Crippen LogP) is 6.18. The Bertz CT molecular complexity index is 478. The van der Waals surface area contributed by atoms with Crippen molar-refractivity contribution in [3.63, 3.8) is 0 Å². The molecule has 0 aromatic carbocycles. The van der Waals surface area contributed by atoms with Crippen molar-refractivity contribution in [1.82, 2.24) is 0 Å². The minimum Gasteiger partial charge on any atom is -0.308 e. The minimum absolute atomic E-state index is 0.0407. The summed E-state index contributed by atoms with van der Waals surface area (Å²) in [6, 6.07) is 0. The zero-order chi connectivity index (χ0) is 16.5. The first-order valence-corrected chi connectivity index (χ1v) is 8.08. The molecule has 0 fully saturated rings. The molecule has 1 aliphatic rings. The van der Waals surface area contributed by atoms with Crippen LogP contribution in [0.2, 0.25) is 0 Å². The molecule has 1 atom stereocenters. The molecule has 0 bridgehead atoms. The lowest BCUT2D eigenvalue weighted by Gasteiger charge is -2.40. The summed E-state index contributed by atoms with van der Waals surface area (Å²) in [7, 11) is 0. The zero-order valence-electron chi connectivity index (χ0n) is 15.2. The molecule has 1 aliphatic carbocycles. The summed E-state index contributed by atoms with van der Waals surface area (Å²) in [5, 5.41) is 8.80. The van der Waals surface area contributed by atoms with Gasteiger partial charge in [0.2, 0.25) is 0 Å². The van der Waals surface area contributed by atoms with E-state index >= 15 is 0 Å². The van der Waals surface area contributed by atoms with Gasteiger partial charge in [0.15, 0.2) is 0 Å². The molecule has 0 radical (unpaired) electrons. The fraction of sp³-hybridized carbons (Fsp3) is 0.650. The van der Waals surface area contributed by atoms with Crippen molar-refractivity contribution >= 4 is 5.71 Å². The lowest BCUT2D eigenvalue weighted by atomic mass is 9.64. The highest BCUT2D eigenvalue weighted by molar-refractivity contribution is 5.92. The Morgan fingerprint density at radius 1 is 1.14 bits per heavy atom. The first-order chi connectivity index (χ1) is 9.41.